The maximum atomic E-state index is 5.60. The van der Waals surface area contributed by atoms with Gasteiger partial charge in [-0.25, -0.2) is 0 Å². The molecule has 1 heterocycles. The molecule has 3 aromatic rings. The minimum Gasteiger partial charge on any atom is -0.497 e. The van der Waals surface area contributed by atoms with Crippen molar-refractivity contribution in [1.29, 1.82) is 0 Å². The Morgan fingerprint density at radius 2 is 1.70 bits per heavy atom. The van der Waals surface area contributed by atoms with Gasteiger partial charge in [0.05, 0.1) is 33.1 Å². The molecule has 0 aliphatic carbocycles. The molecule has 1 aromatic heterocycles. The Balaban J connectivity index is 2.05. The Morgan fingerprint density at radius 3 is 2.33 bits per heavy atom. The fraction of sp³-hybridized carbons (Fsp3) is 0.318. The first-order valence-corrected chi connectivity index (χ1v) is 9.06. The van der Waals surface area contributed by atoms with Crippen molar-refractivity contribution in [2.24, 2.45) is 0 Å². The predicted octanol–water partition coefficient (Wildman–Crippen LogP) is 5.38. The summed E-state index contributed by atoms with van der Waals surface area (Å²) in [6.07, 6.45) is 5.20. The van der Waals surface area contributed by atoms with Crippen molar-refractivity contribution >= 4 is 0 Å². The summed E-state index contributed by atoms with van der Waals surface area (Å²) in [7, 11) is 4.81. The maximum absolute atomic E-state index is 5.60. The van der Waals surface area contributed by atoms with Crippen LogP contribution in [0.4, 0.5) is 0 Å². The van der Waals surface area contributed by atoms with Crippen molar-refractivity contribution in [1.82, 2.24) is 5.16 Å². The highest BCUT2D eigenvalue weighted by Crippen LogP contribution is 2.44. The van der Waals surface area contributed by atoms with E-state index in [1.165, 1.54) is 18.4 Å². The average molecular weight is 367 g/mol. The largest absolute Gasteiger partial charge is 0.497 e. The van der Waals surface area contributed by atoms with Gasteiger partial charge in [-0.05, 0) is 30.0 Å². The Hall–Kier alpha value is -2.95. The number of aryl methyl sites for hydroxylation is 1. The van der Waals surface area contributed by atoms with Crippen molar-refractivity contribution in [3.63, 3.8) is 0 Å². The van der Waals surface area contributed by atoms with E-state index in [1.807, 2.05) is 6.07 Å². The van der Waals surface area contributed by atoms with Crippen molar-refractivity contribution < 1.29 is 18.7 Å². The van der Waals surface area contributed by atoms with Gasteiger partial charge >= 0.3 is 0 Å². The molecule has 0 saturated heterocycles. The van der Waals surface area contributed by atoms with Crippen molar-refractivity contribution in [3.05, 3.63) is 48.2 Å². The van der Waals surface area contributed by atoms with Crippen LogP contribution in [0.15, 0.2) is 47.1 Å². The Morgan fingerprint density at radius 1 is 0.926 bits per heavy atom. The number of aromatic nitrogens is 1. The second-order valence-corrected chi connectivity index (χ2v) is 6.28. The van der Waals surface area contributed by atoms with Gasteiger partial charge < -0.3 is 18.7 Å². The zero-order valence-electron chi connectivity index (χ0n) is 16.2. The van der Waals surface area contributed by atoms with E-state index in [2.05, 4.69) is 36.3 Å². The SMILES string of the molecule is CCCCc1ccc(-c2cnoc2-c2cc(OC)cc(OC)c2OC)cc1. The molecule has 0 aliphatic rings. The second-order valence-electron chi connectivity index (χ2n) is 6.28. The molecule has 0 spiro atoms. The summed E-state index contributed by atoms with van der Waals surface area (Å²) in [5.74, 6) is 2.42. The van der Waals surface area contributed by atoms with Crippen LogP contribution >= 0.6 is 0 Å². The molecule has 0 atom stereocenters. The quantitative estimate of drug-likeness (QED) is 0.535. The van der Waals surface area contributed by atoms with Crippen LogP contribution in [-0.4, -0.2) is 26.5 Å². The predicted molar refractivity (Wildman–Crippen MR) is 106 cm³/mol. The van der Waals surface area contributed by atoms with Gasteiger partial charge in [0.15, 0.2) is 17.3 Å². The Bertz CT molecular complexity index is 884. The van der Waals surface area contributed by atoms with E-state index in [0.717, 1.165) is 23.1 Å². The molecule has 0 aliphatic heterocycles. The molecule has 0 bridgehead atoms. The summed E-state index contributed by atoms with van der Waals surface area (Å²) in [4.78, 5) is 0. The lowest BCUT2D eigenvalue weighted by Gasteiger charge is -2.14. The molecule has 0 radical (unpaired) electrons. The molecule has 0 saturated carbocycles. The first-order valence-electron chi connectivity index (χ1n) is 9.06. The third-order valence-electron chi connectivity index (χ3n) is 4.59. The van der Waals surface area contributed by atoms with Gasteiger partial charge in [0, 0.05) is 11.6 Å². The molecule has 5 nitrogen and oxygen atoms in total. The van der Waals surface area contributed by atoms with Gasteiger partial charge in [-0.3, -0.25) is 0 Å². The Labute approximate surface area is 159 Å². The van der Waals surface area contributed by atoms with Crippen LogP contribution in [0.3, 0.4) is 0 Å². The van der Waals surface area contributed by atoms with Crippen LogP contribution in [0.2, 0.25) is 0 Å². The zero-order chi connectivity index (χ0) is 19.2. The molecular formula is C22H25NO4. The third-order valence-corrected chi connectivity index (χ3v) is 4.59. The summed E-state index contributed by atoms with van der Waals surface area (Å²) in [6.45, 7) is 2.20. The van der Waals surface area contributed by atoms with E-state index in [1.54, 1.807) is 33.6 Å². The molecule has 0 N–H and O–H groups in total. The van der Waals surface area contributed by atoms with E-state index in [9.17, 15) is 0 Å². The maximum Gasteiger partial charge on any atom is 0.178 e. The molecule has 27 heavy (non-hydrogen) atoms. The average Bonchev–Trinajstić information content (AvgIpc) is 3.21. The number of nitrogens with zero attached hydrogens (tertiary/aromatic N) is 1. The molecule has 0 fully saturated rings. The lowest BCUT2D eigenvalue weighted by atomic mass is 9.99. The lowest BCUT2D eigenvalue weighted by molar-refractivity contribution is 0.348. The van der Waals surface area contributed by atoms with E-state index < -0.39 is 0 Å². The van der Waals surface area contributed by atoms with Gasteiger partial charge in [0.25, 0.3) is 0 Å². The highest BCUT2D eigenvalue weighted by atomic mass is 16.5. The molecule has 2 aromatic carbocycles. The second kappa shape index (κ2) is 8.62. The van der Waals surface area contributed by atoms with Gasteiger partial charge in [-0.1, -0.05) is 42.8 Å². The summed E-state index contributed by atoms with van der Waals surface area (Å²) < 4.78 is 22.0. The van der Waals surface area contributed by atoms with Crippen LogP contribution in [0, 0.1) is 0 Å². The van der Waals surface area contributed by atoms with Crippen molar-refractivity contribution in [3.8, 4) is 39.7 Å². The van der Waals surface area contributed by atoms with Gasteiger partial charge in [0.1, 0.15) is 5.75 Å². The number of methoxy groups -OCH3 is 3. The molecule has 0 unspecified atom stereocenters. The zero-order valence-corrected chi connectivity index (χ0v) is 16.2. The fourth-order valence-corrected chi connectivity index (χ4v) is 3.10. The molecule has 5 heteroatoms. The van der Waals surface area contributed by atoms with E-state index >= 15 is 0 Å². The first-order chi connectivity index (χ1) is 13.2. The van der Waals surface area contributed by atoms with E-state index in [-0.39, 0.29) is 0 Å². The number of benzene rings is 2. The third kappa shape index (κ3) is 3.92. The minimum absolute atomic E-state index is 0.573. The van der Waals surface area contributed by atoms with Crippen LogP contribution in [0.1, 0.15) is 25.3 Å². The molecule has 3 rings (SSSR count). The van der Waals surface area contributed by atoms with Gasteiger partial charge in [-0.2, -0.15) is 0 Å². The summed E-state index contributed by atoms with van der Waals surface area (Å²) in [6, 6.07) is 12.2. The number of hydrogen-bond acceptors (Lipinski definition) is 5. The minimum atomic E-state index is 0.573. The van der Waals surface area contributed by atoms with Crippen LogP contribution in [0.5, 0.6) is 17.2 Å². The van der Waals surface area contributed by atoms with Gasteiger partial charge in [-0.15, -0.1) is 0 Å². The molecular weight excluding hydrogens is 342 g/mol. The van der Waals surface area contributed by atoms with Crippen LogP contribution in [-0.2, 0) is 6.42 Å². The molecule has 0 amide bonds. The van der Waals surface area contributed by atoms with E-state index in [4.69, 9.17) is 18.7 Å². The fourth-order valence-electron chi connectivity index (χ4n) is 3.10. The number of rotatable bonds is 8. The monoisotopic (exact) mass is 367 g/mol. The van der Waals surface area contributed by atoms with Crippen LogP contribution in [0.25, 0.3) is 22.5 Å². The molecule has 142 valence electrons. The van der Waals surface area contributed by atoms with Crippen molar-refractivity contribution in [2.45, 2.75) is 26.2 Å². The lowest BCUT2D eigenvalue weighted by Crippen LogP contribution is -1.95. The highest BCUT2D eigenvalue weighted by molar-refractivity contribution is 5.84. The first kappa shape index (κ1) is 18.8. The summed E-state index contributed by atoms with van der Waals surface area (Å²) in [5.41, 5.74) is 4.00. The highest BCUT2D eigenvalue weighted by Gasteiger charge is 2.21. The number of unbranched alkanes of at least 4 members (excludes halogenated alkanes) is 1. The van der Waals surface area contributed by atoms with Crippen LogP contribution < -0.4 is 14.2 Å². The number of ether oxygens (including phenoxy) is 3. The summed E-state index contributed by atoms with van der Waals surface area (Å²) in [5, 5.41) is 4.02. The van der Waals surface area contributed by atoms with Gasteiger partial charge in [0.2, 0.25) is 0 Å². The Kier molecular flexibility index (Phi) is 6.01. The van der Waals surface area contributed by atoms with E-state index in [0.29, 0.717) is 23.0 Å². The summed E-state index contributed by atoms with van der Waals surface area (Å²) >= 11 is 0. The smallest absolute Gasteiger partial charge is 0.178 e. The van der Waals surface area contributed by atoms with Crippen molar-refractivity contribution in [2.75, 3.05) is 21.3 Å². The standard InChI is InChI=1S/C22H25NO4/c1-5-6-7-15-8-10-16(11-9-15)19-14-23-27-21(19)18-12-17(24-2)13-20(25-3)22(18)26-4/h8-14H,5-7H2,1-4H3. The topological polar surface area (TPSA) is 53.7 Å². The normalized spacial score (nSPS) is 10.7. The number of hydrogen-bond donors (Lipinski definition) is 0.